The van der Waals surface area contributed by atoms with Gasteiger partial charge in [-0.25, -0.2) is 14.4 Å². The van der Waals surface area contributed by atoms with Crippen LogP contribution in [0.3, 0.4) is 0 Å². The number of rotatable bonds is 3. The van der Waals surface area contributed by atoms with Gasteiger partial charge in [-0.05, 0) is 18.2 Å². The van der Waals surface area contributed by atoms with Crippen molar-refractivity contribution in [2.75, 3.05) is 0 Å². The molecule has 1 heterocycles. The Hall–Kier alpha value is -2.47. The maximum Gasteiger partial charge on any atom is 0.135 e. The van der Waals surface area contributed by atoms with Crippen molar-refractivity contribution >= 4 is 28.5 Å². The fraction of sp³-hybridized carbons (Fsp3) is 0. The quantitative estimate of drug-likeness (QED) is 0.442. The van der Waals surface area contributed by atoms with Crippen molar-refractivity contribution < 1.29 is 4.39 Å². The number of aromatic nitrogens is 2. The largest absolute Gasteiger partial charge is 0.384 e. The number of fused-ring (bicyclic) bond motifs is 1. The summed E-state index contributed by atoms with van der Waals surface area (Å²) in [6, 6.07) is 12.2. The standard InChI is InChI=1S/C15H11FN4S/c16-10-5-3-7-12(13(10)14(17)18)21-15-9-4-1-2-6-11(9)19-8-20-15/h1-8H,(H3,17,18). The molecular formula is C15H11FN4S. The van der Waals surface area contributed by atoms with E-state index in [-0.39, 0.29) is 11.4 Å². The molecule has 0 saturated carbocycles. The Morgan fingerprint density at radius 2 is 1.90 bits per heavy atom. The number of nitrogens with one attached hydrogen (secondary N) is 1. The van der Waals surface area contributed by atoms with E-state index in [1.807, 2.05) is 24.3 Å². The number of nitrogens with zero attached hydrogens (tertiary/aromatic N) is 2. The molecule has 0 bridgehead atoms. The van der Waals surface area contributed by atoms with Crippen LogP contribution in [0.5, 0.6) is 0 Å². The minimum absolute atomic E-state index is 0.102. The van der Waals surface area contributed by atoms with Crippen molar-refractivity contribution in [1.29, 1.82) is 5.41 Å². The zero-order chi connectivity index (χ0) is 14.8. The molecule has 0 aliphatic rings. The molecule has 3 N–H and O–H groups in total. The molecule has 0 aliphatic heterocycles. The first-order valence-electron chi connectivity index (χ1n) is 6.17. The molecule has 6 heteroatoms. The van der Waals surface area contributed by atoms with Crippen molar-refractivity contribution in [2.24, 2.45) is 5.73 Å². The van der Waals surface area contributed by atoms with Gasteiger partial charge in [-0.3, -0.25) is 5.41 Å². The number of nitrogens with two attached hydrogens (primary N) is 1. The van der Waals surface area contributed by atoms with Gasteiger partial charge in [-0.2, -0.15) is 0 Å². The predicted molar refractivity (Wildman–Crippen MR) is 81.1 cm³/mol. The maximum atomic E-state index is 13.9. The number of hydrogen-bond acceptors (Lipinski definition) is 4. The molecule has 0 amide bonds. The topological polar surface area (TPSA) is 75.7 Å². The third kappa shape index (κ3) is 2.57. The van der Waals surface area contributed by atoms with Gasteiger partial charge in [-0.1, -0.05) is 36.0 Å². The highest BCUT2D eigenvalue weighted by Crippen LogP contribution is 2.33. The molecule has 0 aliphatic carbocycles. The van der Waals surface area contributed by atoms with Crippen LogP contribution in [0.4, 0.5) is 4.39 Å². The molecule has 21 heavy (non-hydrogen) atoms. The molecule has 0 saturated heterocycles. The summed E-state index contributed by atoms with van der Waals surface area (Å²) in [6.07, 6.45) is 1.47. The van der Waals surface area contributed by atoms with E-state index in [2.05, 4.69) is 9.97 Å². The average molecular weight is 298 g/mol. The Morgan fingerprint density at radius 1 is 1.10 bits per heavy atom. The molecule has 0 radical (unpaired) electrons. The van der Waals surface area contributed by atoms with Gasteiger partial charge in [0.05, 0.1) is 11.1 Å². The fourth-order valence-corrected chi connectivity index (χ4v) is 3.06. The van der Waals surface area contributed by atoms with Crippen molar-refractivity contribution in [2.45, 2.75) is 9.92 Å². The first-order valence-corrected chi connectivity index (χ1v) is 6.99. The van der Waals surface area contributed by atoms with E-state index in [0.29, 0.717) is 9.92 Å². The van der Waals surface area contributed by atoms with Gasteiger partial charge in [0.2, 0.25) is 0 Å². The molecule has 0 fully saturated rings. The molecule has 0 unspecified atom stereocenters. The lowest BCUT2D eigenvalue weighted by Gasteiger charge is -2.09. The SMILES string of the molecule is N=C(N)c1c(F)cccc1Sc1ncnc2ccccc12. The van der Waals surface area contributed by atoms with Gasteiger partial charge in [0, 0.05) is 10.3 Å². The van der Waals surface area contributed by atoms with E-state index >= 15 is 0 Å². The van der Waals surface area contributed by atoms with Crippen LogP contribution in [0.15, 0.2) is 58.7 Å². The number of halogens is 1. The zero-order valence-corrected chi connectivity index (χ0v) is 11.7. The highest BCUT2D eigenvalue weighted by molar-refractivity contribution is 7.99. The molecular weight excluding hydrogens is 287 g/mol. The lowest BCUT2D eigenvalue weighted by molar-refractivity contribution is 0.621. The number of nitrogen functional groups attached to an aromatic ring is 1. The van der Waals surface area contributed by atoms with E-state index in [0.717, 1.165) is 10.9 Å². The second kappa shape index (κ2) is 5.49. The number of benzene rings is 2. The van der Waals surface area contributed by atoms with Gasteiger partial charge in [0.15, 0.2) is 0 Å². The van der Waals surface area contributed by atoms with E-state index in [4.69, 9.17) is 11.1 Å². The van der Waals surface area contributed by atoms with E-state index in [1.165, 1.54) is 24.2 Å². The monoisotopic (exact) mass is 298 g/mol. The highest BCUT2D eigenvalue weighted by atomic mass is 32.2. The summed E-state index contributed by atoms with van der Waals surface area (Å²) in [5.74, 6) is -0.806. The number of amidine groups is 1. The summed E-state index contributed by atoms with van der Waals surface area (Å²) in [7, 11) is 0. The van der Waals surface area contributed by atoms with E-state index in [1.54, 1.807) is 12.1 Å². The van der Waals surface area contributed by atoms with Crippen LogP contribution >= 0.6 is 11.8 Å². The first-order chi connectivity index (χ1) is 10.2. The van der Waals surface area contributed by atoms with Crippen molar-refractivity contribution in [3.8, 4) is 0 Å². The summed E-state index contributed by atoms with van der Waals surface area (Å²) in [4.78, 5) is 9.00. The molecule has 1 aromatic heterocycles. The van der Waals surface area contributed by atoms with Crippen LogP contribution < -0.4 is 5.73 Å². The minimum atomic E-state index is -0.508. The van der Waals surface area contributed by atoms with Gasteiger partial charge < -0.3 is 5.73 Å². The predicted octanol–water partition coefficient (Wildman–Crippen LogP) is 3.20. The van der Waals surface area contributed by atoms with Gasteiger partial charge in [0.25, 0.3) is 0 Å². The first kappa shape index (κ1) is 13.5. The Balaban J connectivity index is 2.12. The maximum absolute atomic E-state index is 13.9. The van der Waals surface area contributed by atoms with Crippen LogP contribution in [0.25, 0.3) is 10.9 Å². The van der Waals surface area contributed by atoms with Gasteiger partial charge in [-0.15, -0.1) is 0 Å². The Morgan fingerprint density at radius 3 is 2.71 bits per heavy atom. The van der Waals surface area contributed by atoms with Crippen LogP contribution in [0, 0.1) is 11.2 Å². The molecule has 3 rings (SSSR count). The van der Waals surface area contributed by atoms with Crippen molar-refractivity contribution in [1.82, 2.24) is 9.97 Å². The summed E-state index contributed by atoms with van der Waals surface area (Å²) < 4.78 is 13.9. The normalized spacial score (nSPS) is 10.7. The summed E-state index contributed by atoms with van der Waals surface area (Å²) in [6.45, 7) is 0. The number of para-hydroxylation sites is 1. The highest BCUT2D eigenvalue weighted by Gasteiger charge is 2.14. The molecule has 0 atom stereocenters. The van der Waals surface area contributed by atoms with Gasteiger partial charge >= 0.3 is 0 Å². The Labute approximate surface area is 124 Å². The van der Waals surface area contributed by atoms with Crippen LogP contribution in [0.1, 0.15) is 5.56 Å². The fourth-order valence-electron chi connectivity index (χ4n) is 2.02. The third-order valence-corrected chi connectivity index (χ3v) is 4.04. The van der Waals surface area contributed by atoms with Crippen molar-refractivity contribution in [3.05, 3.63) is 60.2 Å². The summed E-state index contributed by atoms with van der Waals surface area (Å²) >= 11 is 1.27. The lowest BCUT2D eigenvalue weighted by Crippen LogP contribution is -2.14. The Bertz CT molecular complexity index is 830. The molecule has 3 aromatic rings. The molecule has 2 aromatic carbocycles. The third-order valence-electron chi connectivity index (χ3n) is 2.96. The second-order valence-corrected chi connectivity index (χ2v) is 5.36. The second-order valence-electron chi connectivity index (χ2n) is 4.32. The van der Waals surface area contributed by atoms with Crippen LogP contribution in [0.2, 0.25) is 0 Å². The number of hydrogen-bond donors (Lipinski definition) is 2. The summed E-state index contributed by atoms with van der Waals surface area (Å²) in [5.41, 5.74) is 6.40. The van der Waals surface area contributed by atoms with Crippen molar-refractivity contribution in [3.63, 3.8) is 0 Å². The molecule has 4 nitrogen and oxygen atoms in total. The lowest BCUT2D eigenvalue weighted by atomic mass is 10.2. The van der Waals surface area contributed by atoms with Crippen LogP contribution in [-0.2, 0) is 0 Å². The Kier molecular flexibility index (Phi) is 3.53. The average Bonchev–Trinajstić information content (AvgIpc) is 2.47. The smallest absolute Gasteiger partial charge is 0.135 e. The summed E-state index contributed by atoms with van der Waals surface area (Å²) in [5, 5.41) is 9.12. The van der Waals surface area contributed by atoms with E-state index in [9.17, 15) is 4.39 Å². The molecule has 0 spiro atoms. The molecule has 104 valence electrons. The van der Waals surface area contributed by atoms with Crippen LogP contribution in [-0.4, -0.2) is 15.8 Å². The van der Waals surface area contributed by atoms with Gasteiger partial charge in [0.1, 0.15) is 23.0 Å². The minimum Gasteiger partial charge on any atom is -0.384 e. The van der Waals surface area contributed by atoms with E-state index < -0.39 is 5.82 Å². The zero-order valence-electron chi connectivity index (χ0n) is 10.9.